The Kier molecular flexibility index (Phi) is 4.46. The maximum atomic E-state index is 6.04. The molecule has 3 heteroatoms. The maximum absolute atomic E-state index is 6.04. The molecular formula is C16H18ClNO. The van der Waals surface area contributed by atoms with Gasteiger partial charge in [0.25, 0.3) is 0 Å². The number of halogens is 1. The molecular weight excluding hydrogens is 258 g/mol. The summed E-state index contributed by atoms with van der Waals surface area (Å²) in [5.74, 6) is 1.65. The van der Waals surface area contributed by atoms with Crippen LogP contribution in [0.1, 0.15) is 16.7 Å². The van der Waals surface area contributed by atoms with E-state index in [2.05, 4.69) is 19.9 Å². The number of ether oxygens (including phenoxy) is 1. The van der Waals surface area contributed by atoms with Crippen molar-refractivity contribution in [3.63, 3.8) is 0 Å². The summed E-state index contributed by atoms with van der Waals surface area (Å²) in [7, 11) is 0. The molecule has 0 atom stereocenters. The van der Waals surface area contributed by atoms with Gasteiger partial charge in [-0.25, -0.2) is 0 Å². The topological polar surface area (TPSA) is 35.2 Å². The third-order valence-electron chi connectivity index (χ3n) is 3.22. The van der Waals surface area contributed by atoms with Gasteiger partial charge < -0.3 is 10.5 Å². The van der Waals surface area contributed by atoms with Crippen molar-refractivity contribution < 1.29 is 4.74 Å². The normalized spacial score (nSPS) is 10.5. The first kappa shape index (κ1) is 13.9. The lowest BCUT2D eigenvalue weighted by molar-refractivity contribution is 0.472. The lowest BCUT2D eigenvalue weighted by Crippen LogP contribution is -2.04. The molecule has 2 aromatic rings. The molecule has 2 aromatic carbocycles. The van der Waals surface area contributed by atoms with Crippen LogP contribution in [0.3, 0.4) is 0 Å². The summed E-state index contributed by atoms with van der Waals surface area (Å²) in [4.78, 5) is 0. The molecule has 0 spiro atoms. The maximum Gasteiger partial charge on any atom is 0.132 e. The Balaban J connectivity index is 2.36. The van der Waals surface area contributed by atoms with E-state index in [1.165, 1.54) is 5.56 Å². The molecule has 0 aromatic heterocycles. The zero-order chi connectivity index (χ0) is 13.8. The minimum absolute atomic E-state index is 0.588. The molecule has 2 N–H and O–H groups in total. The van der Waals surface area contributed by atoms with Gasteiger partial charge >= 0.3 is 0 Å². The Bertz CT molecular complexity index is 581. The van der Waals surface area contributed by atoms with Crippen LogP contribution in [-0.2, 0) is 6.42 Å². The smallest absolute Gasteiger partial charge is 0.132 e. The van der Waals surface area contributed by atoms with E-state index in [0.717, 1.165) is 29.0 Å². The van der Waals surface area contributed by atoms with Crippen LogP contribution < -0.4 is 10.5 Å². The molecule has 19 heavy (non-hydrogen) atoms. The molecule has 0 saturated carbocycles. The van der Waals surface area contributed by atoms with Crippen LogP contribution in [0.15, 0.2) is 36.4 Å². The van der Waals surface area contributed by atoms with E-state index in [4.69, 9.17) is 22.1 Å². The van der Waals surface area contributed by atoms with E-state index in [-0.39, 0.29) is 0 Å². The second-order valence-corrected chi connectivity index (χ2v) is 5.03. The van der Waals surface area contributed by atoms with Crippen LogP contribution in [0.5, 0.6) is 11.5 Å². The molecule has 100 valence electrons. The molecule has 2 rings (SSSR count). The predicted octanol–water partition coefficient (Wildman–Crippen LogP) is 4.25. The van der Waals surface area contributed by atoms with Crippen molar-refractivity contribution in [1.29, 1.82) is 0 Å². The molecule has 0 aliphatic rings. The highest BCUT2D eigenvalue weighted by atomic mass is 35.5. The van der Waals surface area contributed by atoms with Crippen LogP contribution >= 0.6 is 11.6 Å². The predicted molar refractivity (Wildman–Crippen MR) is 80.2 cm³/mol. The standard InChI is InChI=1S/C16H18ClNO/c1-11-4-3-5-15(12(11)2)19-16-10-14(17)7-6-13(16)8-9-18/h3-7,10H,8-9,18H2,1-2H3. The largest absolute Gasteiger partial charge is 0.457 e. The van der Waals surface area contributed by atoms with Crippen LogP contribution in [0.2, 0.25) is 5.02 Å². The first-order valence-electron chi connectivity index (χ1n) is 6.34. The van der Waals surface area contributed by atoms with E-state index >= 15 is 0 Å². The molecule has 0 radical (unpaired) electrons. The zero-order valence-corrected chi connectivity index (χ0v) is 12.0. The van der Waals surface area contributed by atoms with Gasteiger partial charge in [-0.3, -0.25) is 0 Å². The quantitative estimate of drug-likeness (QED) is 0.905. The van der Waals surface area contributed by atoms with Gasteiger partial charge in [-0.1, -0.05) is 29.8 Å². The van der Waals surface area contributed by atoms with Crippen molar-refractivity contribution >= 4 is 11.6 Å². The number of aryl methyl sites for hydroxylation is 1. The fourth-order valence-electron chi connectivity index (χ4n) is 1.94. The minimum atomic E-state index is 0.588. The van der Waals surface area contributed by atoms with E-state index in [1.807, 2.05) is 30.3 Å². The fraction of sp³-hybridized carbons (Fsp3) is 0.250. The summed E-state index contributed by atoms with van der Waals surface area (Å²) >= 11 is 6.04. The fourth-order valence-corrected chi connectivity index (χ4v) is 2.10. The number of benzene rings is 2. The molecule has 0 heterocycles. The van der Waals surface area contributed by atoms with Gasteiger partial charge in [0.1, 0.15) is 11.5 Å². The summed E-state index contributed by atoms with van der Waals surface area (Å²) < 4.78 is 6.01. The van der Waals surface area contributed by atoms with Crippen LogP contribution in [0.25, 0.3) is 0 Å². The first-order chi connectivity index (χ1) is 9.11. The number of hydrogen-bond donors (Lipinski definition) is 1. The Morgan fingerprint density at radius 1 is 1.11 bits per heavy atom. The average Bonchev–Trinajstić information content (AvgIpc) is 2.38. The highest BCUT2D eigenvalue weighted by Crippen LogP contribution is 2.31. The molecule has 0 aliphatic heterocycles. The van der Waals surface area contributed by atoms with E-state index in [9.17, 15) is 0 Å². The second kappa shape index (κ2) is 6.09. The monoisotopic (exact) mass is 275 g/mol. The Morgan fingerprint density at radius 2 is 1.89 bits per heavy atom. The van der Waals surface area contributed by atoms with Gasteiger partial charge in [0, 0.05) is 5.02 Å². The Morgan fingerprint density at radius 3 is 2.63 bits per heavy atom. The van der Waals surface area contributed by atoms with Crippen LogP contribution in [0, 0.1) is 13.8 Å². The Labute approximate surface area is 119 Å². The summed E-state index contributed by atoms with van der Waals surface area (Å²) in [6.45, 7) is 4.71. The molecule has 0 bridgehead atoms. The highest BCUT2D eigenvalue weighted by molar-refractivity contribution is 6.30. The van der Waals surface area contributed by atoms with Crippen molar-refractivity contribution in [2.75, 3.05) is 6.54 Å². The molecule has 0 fully saturated rings. The Hall–Kier alpha value is -1.51. The average molecular weight is 276 g/mol. The van der Waals surface area contributed by atoms with Gasteiger partial charge in [-0.05, 0) is 61.7 Å². The van der Waals surface area contributed by atoms with Crippen molar-refractivity contribution in [3.8, 4) is 11.5 Å². The van der Waals surface area contributed by atoms with Crippen molar-refractivity contribution in [2.45, 2.75) is 20.3 Å². The summed E-state index contributed by atoms with van der Waals surface area (Å²) in [5.41, 5.74) is 9.05. The molecule has 2 nitrogen and oxygen atoms in total. The van der Waals surface area contributed by atoms with Gasteiger partial charge in [0.2, 0.25) is 0 Å². The third-order valence-corrected chi connectivity index (χ3v) is 3.45. The lowest BCUT2D eigenvalue weighted by atomic mass is 10.1. The highest BCUT2D eigenvalue weighted by Gasteiger charge is 2.08. The summed E-state index contributed by atoms with van der Waals surface area (Å²) in [6.07, 6.45) is 0.775. The second-order valence-electron chi connectivity index (χ2n) is 4.59. The lowest BCUT2D eigenvalue weighted by Gasteiger charge is -2.14. The summed E-state index contributed by atoms with van der Waals surface area (Å²) in [5, 5.41) is 0.668. The van der Waals surface area contributed by atoms with Crippen molar-refractivity contribution in [3.05, 3.63) is 58.1 Å². The van der Waals surface area contributed by atoms with E-state index in [0.29, 0.717) is 11.6 Å². The first-order valence-corrected chi connectivity index (χ1v) is 6.72. The van der Waals surface area contributed by atoms with Gasteiger partial charge in [-0.2, -0.15) is 0 Å². The molecule has 0 aliphatic carbocycles. The van der Waals surface area contributed by atoms with Gasteiger partial charge in [0.05, 0.1) is 0 Å². The molecule has 0 saturated heterocycles. The van der Waals surface area contributed by atoms with E-state index in [1.54, 1.807) is 0 Å². The third kappa shape index (κ3) is 3.28. The zero-order valence-electron chi connectivity index (χ0n) is 11.2. The number of rotatable bonds is 4. The van der Waals surface area contributed by atoms with E-state index < -0.39 is 0 Å². The molecule has 0 unspecified atom stereocenters. The number of hydrogen-bond acceptors (Lipinski definition) is 2. The van der Waals surface area contributed by atoms with Gasteiger partial charge in [0.15, 0.2) is 0 Å². The van der Waals surface area contributed by atoms with Crippen LogP contribution in [0.4, 0.5) is 0 Å². The number of nitrogens with two attached hydrogens (primary N) is 1. The molecule has 0 amide bonds. The van der Waals surface area contributed by atoms with Crippen molar-refractivity contribution in [1.82, 2.24) is 0 Å². The SMILES string of the molecule is Cc1cccc(Oc2cc(Cl)ccc2CCN)c1C. The van der Waals surface area contributed by atoms with Gasteiger partial charge in [-0.15, -0.1) is 0 Å². The van der Waals surface area contributed by atoms with Crippen molar-refractivity contribution in [2.24, 2.45) is 5.73 Å². The summed E-state index contributed by atoms with van der Waals surface area (Å²) in [6, 6.07) is 11.7. The minimum Gasteiger partial charge on any atom is -0.457 e. The van der Waals surface area contributed by atoms with Crippen LogP contribution in [-0.4, -0.2) is 6.54 Å².